The predicted molar refractivity (Wildman–Crippen MR) is 78.3 cm³/mol. The summed E-state index contributed by atoms with van der Waals surface area (Å²) >= 11 is 0. The number of nitrogens with two attached hydrogens (primary N) is 1. The Morgan fingerprint density at radius 3 is 2.44 bits per heavy atom. The van der Waals surface area contributed by atoms with Gasteiger partial charge in [-0.15, -0.1) is 0 Å². The van der Waals surface area contributed by atoms with E-state index in [0.29, 0.717) is 0 Å². The highest BCUT2D eigenvalue weighted by Crippen LogP contribution is 2.36. The molecule has 0 saturated heterocycles. The van der Waals surface area contributed by atoms with Crippen LogP contribution in [0.15, 0.2) is 30.3 Å². The summed E-state index contributed by atoms with van der Waals surface area (Å²) < 4.78 is 0. The summed E-state index contributed by atoms with van der Waals surface area (Å²) in [5.41, 5.74) is 7.59. The first kappa shape index (κ1) is 13.6. The van der Waals surface area contributed by atoms with Crippen LogP contribution in [-0.4, -0.2) is 0 Å². The molecule has 3 atom stereocenters. The van der Waals surface area contributed by atoms with Crippen molar-refractivity contribution in [2.75, 3.05) is 0 Å². The Bertz CT molecular complexity index is 333. The third kappa shape index (κ3) is 3.58. The maximum Gasteiger partial charge on any atom is 0.0294 e. The Balaban J connectivity index is 1.83. The van der Waals surface area contributed by atoms with Crippen molar-refractivity contribution in [1.29, 1.82) is 0 Å². The van der Waals surface area contributed by atoms with Crippen LogP contribution in [0.3, 0.4) is 0 Å². The van der Waals surface area contributed by atoms with Gasteiger partial charge in [0.15, 0.2) is 0 Å². The van der Waals surface area contributed by atoms with E-state index in [1.165, 1.54) is 44.1 Å². The number of benzene rings is 1. The van der Waals surface area contributed by atoms with E-state index in [2.05, 4.69) is 37.3 Å². The van der Waals surface area contributed by atoms with Gasteiger partial charge in [0.1, 0.15) is 0 Å². The Morgan fingerprint density at radius 2 is 1.78 bits per heavy atom. The quantitative estimate of drug-likeness (QED) is 0.800. The van der Waals surface area contributed by atoms with Crippen LogP contribution in [-0.2, 0) is 0 Å². The molecule has 1 aromatic rings. The SMILES string of the molecule is CCC1CCCCC1CCC(N)c1ccccc1. The minimum atomic E-state index is 0.227. The van der Waals surface area contributed by atoms with E-state index >= 15 is 0 Å². The number of hydrogen-bond acceptors (Lipinski definition) is 1. The van der Waals surface area contributed by atoms with Crippen LogP contribution in [0, 0.1) is 11.8 Å². The van der Waals surface area contributed by atoms with Crippen LogP contribution < -0.4 is 5.73 Å². The Morgan fingerprint density at radius 1 is 1.11 bits per heavy atom. The lowest BCUT2D eigenvalue weighted by atomic mass is 9.75. The highest BCUT2D eigenvalue weighted by molar-refractivity contribution is 5.18. The van der Waals surface area contributed by atoms with Crippen LogP contribution in [0.2, 0.25) is 0 Å². The van der Waals surface area contributed by atoms with Crippen molar-refractivity contribution in [2.45, 2.75) is 57.9 Å². The van der Waals surface area contributed by atoms with Crippen molar-refractivity contribution in [2.24, 2.45) is 17.6 Å². The van der Waals surface area contributed by atoms with E-state index in [9.17, 15) is 0 Å². The van der Waals surface area contributed by atoms with Crippen LogP contribution in [0.25, 0.3) is 0 Å². The maximum absolute atomic E-state index is 6.30. The second-order valence-electron chi connectivity index (χ2n) is 5.81. The lowest BCUT2D eigenvalue weighted by Crippen LogP contribution is -2.21. The zero-order valence-electron chi connectivity index (χ0n) is 11.6. The minimum absolute atomic E-state index is 0.227. The molecule has 3 unspecified atom stereocenters. The van der Waals surface area contributed by atoms with Gasteiger partial charge in [0.2, 0.25) is 0 Å². The molecule has 0 bridgehead atoms. The first-order chi connectivity index (χ1) is 8.81. The molecular formula is C17H27N. The molecule has 1 fully saturated rings. The summed E-state index contributed by atoms with van der Waals surface area (Å²) in [5.74, 6) is 1.89. The molecule has 2 rings (SSSR count). The minimum Gasteiger partial charge on any atom is -0.324 e. The molecule has 1 saturated carbocycles. The monoisotopic (exact) mass is 245 g/mol. The molecule has 1 nitrogen and oxygen atoms in total. The third-order valence-corrected chi connectivity index (χ3v) is 4.67. The van der Waals surface area contributed by atoms with Gasteiger partial charge in [0.05, 0.1) is 0 Å². The summed E-state index contributed by atoms with van der Waals surface area (Å²) in [6.45, 7) is 2.35. The largest absolute Gasteiger partial charge is 0.324 e. The van der Waals surface area contributed by atoms with E-state index < -0.39 is 0 Å². The van der Waals surface area contributed by atoms with E-state index in [1.807, 2.05) is 0 Å². The molecule has 1 heteroatoms. The smallest absolute Gasteiger partial charge is 0.0294 e. The summed E-state index contributed by atoms with van der Waals surface area (Å²) in [6, 6.07) is 10.8. The fourth-order valence-electron chi connectivity index (χ4n) is 3.46. The number of hydrogen-bond donors (Lipinski definition) is 1. The summed E-state index contributed by atoms with van der Waals surface area (Å²) in [4.78, 5) is 0. The van der Waals surface area contributed by atoms with Crippen molar-refractivity contribution in [3.8, 4) is 0 Å². The maximum atomic E-state index is 6.30. The molecule has 18 heavy (non-hydrogen) atoms. The molecule has 2 N–H and O–H groups in total. The van der Waals surface area contributed by atoms with E-state index in [4.69, 9.17) is 5.73 Å². The first-order valence-electron chi connectivity index (χ1n) is 7.61. The molecule has 0 aliphatic heterocycles. The first-order valence-corrected chi connectivity index (χ1v) is 7.61. The fraction of sp³-hybridized carbons (Fsp3) is 0.647. The highest BCUT2D eigenvalue weighted by atomic mass is 14.6. The lowest BCUT2D eigenvalue weighted by molar-refractivity contribution is 0.210. The average Bonchev–Trinajstić information content (AvgIpc) is 2.46. The average molecular weight is 245 g/mol. The van der Waals surface area contributed by atoms with Gasteiger partial charge in [-0.25, -0.2) is 0 Å². The normalized spacial score (nSPS) is 25.9. The van der Waals surface area contributed by atoms with Gasteiger partial charge in [0.25, 0.3) is 0 Å². The molecule has 0 aromatic heterocycles. The van der Waals surface area contributed by atoms with E-state index in [0.717, 1.165) is 18.3 Å². The third-order valence-electron chi connectivity index (χ3n) is 4.67. The second kappa shape index (κ2) is 6.94. The second-order valence-corrected chi connectivity index (χ2v) is 5.81. The molecule has 100 valence electrons. The van der Waals surface area contributed by atoms with Gasteiger partial charge in [-0.3, -0.25) is 0 Å². The molecule has 0 radical (unpaired) electrons. The van der Waals surface area contributed by atoms with E-state index in [1.54, 1.807) is 0 Å². The van der Waals surface area contributed by atoms with Crippen LogP contribution in [0.5, 0.6) is 0 Å². The fourth-order valence-corrected chi connectivity index (χ4v) is 3.46. The van der Waals surface area contributed by atoms with Crippen molar-refractivity contribution < 1.29 is 0 Å². The van der Waals surface area contributed by atoms with Gasteiger partial charge in [-0.1, -0.05) is 69.4 Å². The van der Waals surface area contributed by atoms with Crippen LogP contribution >= 0.6 is 0 Å². The zero-order chi connectivity index (χ0) is 12.8. The molecule has 0 heterocycles. The van der Waals surface area contributed by atoms with Gasteiger partial charge in [-0.05, 0) is 30.2 Å². The van der Waals surface area contributed by atoms with Crippen LogP contribution in [0.4, 0.5) is 0 Å². The molecule has 1 aliphatic carbocycles. The summed E-state index contributed by atoms with van der Waals surface area (Å²) in [6.07, 6.45) is 9.56. The predicted octanol–water partition coefficient (Wildman–Crippen LogP) is 4.68. The van der Waals surface area contributed by atoms with Crippen molar-refractivity contribution in [3.05, 3.63) is 35.9 Å². The van der Waals surface area contributed by atoms with E-state index in [-0.39, 0.29) is 6.04 Å². The lowest BCUT2D eigenvalue weighted by Gasteiger charge is -2.31. The van der Waals surface area contributed by atoms with Gasteiger partial charge in [-0.2, -0.15) is 0 Å². The molecule has 1 aromatic carbocycles. The van der Waals surface area contributed by atoms with Crippen molar-refractivity contribution >= 4 is 0 Å². The molecule has 0 amide bonds. The van der Waals surface area contributed by atoms with Crippen LogP contribution in [0.1, 0.15) is 63.5 Å². The van der Waals surface area contributed by atoms with Crippen molar-refractivity contribution in [3.63, 3.8) is 0 Å². The topological polar surface area (TPSA) is 26.0 Å². The Kier molecular flexibility index (Phi) is 5.25. The zero-order valence-corrected chi connectivity index (χ0v) is 11.6. The Hall–Kier alpha value is -0.820. The molecule has 1 aliphatic rings. The molecule has 0 spiro atoms. The summed E-state index contributed by atoms with van der Waals surface area (Å²) in [5, 5.41) is 0. The number of rotatable bonds is 5. The Labute approximate surface area is 112 Å². The van der Waals surface area contributed by atoms with Crippen molar-refractivity contribution in [1.82, 2.24) is 0 Å². The van der Waals surface area contributed by atoms with Gasteiger partial charge < -0.3 is 5.73 Å². The highest BCUT2D eigenvalue weighted by Gasteiger charge is 2.23. The molecular weight excluding hydrogens is 218 g/mol. The standard InChI is InChI=1S/C17H27N/c1-2-14-8-6-7-9-15(14)12-13-17(18)16-10-4-3-5-11-16/h3-5,10-11,14-15,17H,2,6-9,12-13,18H2,1H3. The summed E-state index contributed by atoms with van der Waals surface area (Å²) in [7, 11) is 0. The van der Waals surface area contributed by atoms with Gasteiger partial charge >= 0.3 is 0 Å². The van der Waals surface area contributed by atoms with Gasteiger partial charge in [0, 0.05) is 6.04 Å².